The molecule has 3 aromatic heterocycles. The van der Waals surface area contributed by atoms with E-state index in [4.69, 9.17) is 9.73 Å². The van der Waals surface area contributed by atoms with Gasteiger partial charge in [0.15, 0.2) is 4.80 Å². The second-order valence-corrected chi connectivity index (χ2v) is 12.0. The van der Waals surface area contributed by atoms with Crippen LogP contribution in [0.2, 0.25) is 0 Å². The van der Waals surface area contributed by atoms with E-state index in [1.54, 1.807) is 29.4 Å². The summed E-state index contributed by atoms with van der Waals surface area (Å²) in [5.41, 5.74) is 6.17. The lowest BCUT2D eigenvalue weighted by Crippen LogP contribution is -2.40. The van der Waals surface area contributed by atoms with Crippen molar-refractivity contribution in [2.75, 3.05) is 12.9 Å². The zero-order chi connectivity index (χ0) is 30.1. The van der Waals surface area contributed by atoms with Crippen LogP contribution in [0, 0.1) is 13.8 Å². The number of rotatable bonds is 7. The van der Waals surface area contributed by atoms with Crippen molar-refractivity contribution in [2.45, 2.75) is 31.7 Å². The summed E-state index contributed by atoms with van der Waals surface area (Å²) in [5, 5.41) is 0. The standard InChI is InChI=1S/C34H30N4O3S2/c1-5-41-33(40)29-30(23-10-7-6-8-11-23)36-34-38(31(29)24-13-15-27(42-4)16-14-24)32(39)28(43-34)19-25-18-21(2)37(22(25)3)26-12-9-17-35-20-26/h6-20,31H,5H2,1-4H3/b28-19+/t31-/m0/s1. The van der Waals surface area contributed by atoms with Gasteiger partial charge in [-0.25, -0.2) is 9.79 Å². The number of carbonyl (C=O) groups excluding carboxylic acids is 1. The van der Waals surface area contributed by atoms with Crippen LogP contribution in [-0.4, -0.2) is 33.0 Å². The van der Waals surface area contributed by atoms with Crippen molar-refractivity contribution in [3.8, 4) is 5.69 Å². The van der Waals surface area contributed by atoms with Crippen molar-refractivity contribution in [3.05, 3.63) is 139 Å². The van der Waals surface area contributed by atoms with Gasteiger partial charge in [-0.15, -0.1) is 11.8 Å². The number of pyridine rings is 1. The summed E-state index contributed by atoms with van der Waals surface area (Å²) >= 11 is 2.96. The molecule has 0 bridgehead atoms. The Morgan fingerprint density at radius 1 is 1.07 bits per heavy atom. The fourth-order valence-corrected chi connectivity index (χ4v) is 6.90. The first kappa shape index (κ1) is 28.6. The van der Waals surface area contributed by atoms with Gasteiger partial charge in [0.05, 0.1) is 40.3 Å². The molecule has 1 aliphatic rings. The summed E-state index contributed by atoms with van der Waals surface area (Å²) in [6, 6.07) is 22.8. The number of thioether (sulfide) groups is 1. The molecule has 0 radical (unpaired) electrons. The number of hydrogen-bond acceptors (Lipinski definition) is 7. The van der Waals surface area contributed by atoms with Gasteiger partial charge >= 0.3 is 5.97 Å². The molecule has 216 valence electrons. The van der Waals surface area contributed by atoms with E-state index in [-0.39, 0.29) is 12.2 Å². The third-order valence-corrected chi connectivity index (χ3v) is 9.19. The Kier molecular flexibility index (Phi) is 8.01. The molecule has 2 aromatic carbocycles. The molecular formula is C34H30N4O3S2. The van der Waals surface area contributed by atoms with E-state index in [1.807, 2.05) is 99.1 Å². The van der Waals surface area contributed by atoms with Gasteiger partial charge in [-0.3, -0.25) is 14.3 Å². The van der Waals surface area contributed by atoms with Gasteiger partial charge in [0.25, 0.3) is 5.56 Å². The number of aryl methyl sites for hydroxylation is 1. The summed E-state index contributed by atoms with van der Waals surface area (Å²) in [6.45, 7) is 6.06. The topological polar surface area (TPSA) is 78.5 Å². The number of thiazole rings is 1. The van der Waals surface area contributed by atoms with Crippen molar-refractivity contribution in [1.29, 1.82) is 0 Å². The van der Waals surface area contributed by atoms with Gasteiger partial charge in [0.2, 0.25) is 0 Å². The number of esters is 1. The molecule has 43 heavy (non-hydrogen) atoms. The maximum Gasteiger partial charge on any atom is 0.338 e. The molecule has 0 N–H and O–H groups in total. The maximum atomic E-state index is 14.3. The SMILES string of the molecule is CCOC(=O)C1=C(c2ccccc2)N=c2s/c(=C/c3cc(C)n(-c4cccnc4)c3C)c(=O)n2[C@H]1c1ccc(SC)cc1. The van der Waals surface area contributed by atoms with Crippen LogP contribution in [0.5, 0.6) is 0 Å². The van der Waals surface area contributed by atoms with Gasteiger partial charge < -0.3 is 9.30 Å². The molecule has 0 saturated heterocycles. The molecule has 0 unspecified atom stereocenters. The second kappa shape index (κ2) is 12.0. The highest BCUT2D eigenvalue weighted by atomic mass is 32.2. The highest BCUT2D eigenvalue weighted by Gasteiger charge is 2.35. The summed E-state index contributed by atoms with van der Waals surface area (Å²) < 4.78 is 9.87. The van der Waals surface area contributed by atoms with Crippen LogP contribution in [0.15, 0.2) is 105 Å². The van der Waals surface area contributed by atoms with E-state index in [1.165, 1.54) is 11.3 Å². The van der Waals surface area contributed by atoms with Gasteiger partial charge in [-0.05, 0) is 74.6 Å². The van der Waals surface area contributed by atoms with Crippen LogP contribution in [0.4, 0.5) is 0 Å². The fraction of sp³-hybridized carbons (Fsp3) is 0.176. The van der Waals surface area contributed by atoms with Crippen LogP contribution in [0.3, 0.4) is 0 Å². The van der Waals surface area contributed by atoms with Crippen molar-refractivity contribution < 1.29 is 9.53 Å². The van der Waals surface area contributed by atoms with Crippen molar-refractivity contribution >= 4 is 40.8 Å². The first-order valence-electron chi connectivity index (χ1n) is 13.9. The number of ether oxygens (including phenoxy) is 1. The number of benzene rings is 2. The van der Waals surface area contributed by atoms with Gasteiger partial charge in [-0.1, -0.05) is 53.8 Å². The van der Waals surface area contributed by atoms with E-state index in [0.29, 0.717) is 20.6 Å². The predicted octanol–water partition coefficient (Wildman–Crippen LogP) is 5.46. The van der Waals surface area contributed by atoms with Crippen LogP contribution >= 0.6 is 23.1 Å². The number of fused-ring (bicyclic) bond motifs is 1. The second-order valence-electron chi connectivity index (χ2n) is 10.1. The zero-order valence-corrected chi connectivity index (χ0v) is 25.9. The molecule has 7 nitrogen and oxygen atoms in total. The number of aromatic nitrogens is 3. The minimum atomic E-state index is -0.702. The van der Waals surface area contributed by atoms with Crippen LogP contribution in [-0.2, 0) is 9.53 Å². The maximum absolute atomic E-state index is 14.3. The molecule has 1 aliphatic heterocycles. The van der Waals surface area contributed by atoms with E-state index in [0.717, 1.165) is 38.7 Å². The number of nitrogens with zero attached hydrogens (tertiary/aromatic N) is 4. The molecule has 4 heterocycles. The van der Waals surface area contributed by atoms with Crippen molar-refractivity contribution in [1.82, 2.24) is 14.1 Å². The Bertz CT molecular complexity index is 2020. The van der Waals surface area contributed by atoms with E-state index in [2.05, 4.69) is 15.6 Å². The van der Waals surface area contributed by atoms with E-state index in [9.17, 15) is 9.59 Å². The summed E-state index contributed by atoms with van der Waals surface area (Å²) in [6.07, 6.45) is 7.50. The summed E-state index contributed by atoms with van der Waals surface area (Å²) in [7, 11) is 0. The third kappa shape index (κ3) is 5.30. The molecule has 0 amide bonds. The highest BCUT2D eigenvalue weighted by molar-refractivity contribution is 7.98. The average molecular weight is 607 g/mol. The van der Waals surface area contributed by atoms with Crippen LogP contribution in [0.25, 0.3) is 17.5 Å². The Morgan fingerprint density at radius 3 is 2.51 bits per heavy atom. The lowest BCUT2D eigenvalue weighted by atomic mass is 9.93. The van der Waals surface area contributed by atoms with Gasteiger partial charge in [0, 0.05) is 28.0 Å². The number of hydrogen-bond donors (Lipinski definition) is 0. The molecule has 0 fully saturated rings. The summed E-state index contributed by atoms with van der Waals surface area (Å²) in [4.78, 5) is 38.7. The fourth-order valence-electron chi connectivity index (χ4n) is 5.50. The molecular weight excluding hydrogens is 577 g/mol. The molecule has 1 atom stereocenters. The molecule has 6 rings (SSSR count). The van der Waals surface area contributed by atoms with Crippen LogP contribution in [0.1, 0.15) is 41.0 Å². The van der Waals surface area contributed by atoms with Crippen LogP contribution < -0.4 is 14.9 Å². The van der Waals surface area contributed by atoms with Crippen molar-refractivity contribution in [3.63, 3.8) is 0 Å². The van der Waals surface area contributed by atoms with Gasteiger partial charge in [0.1, 0.15) is 0 Å². The Labute approximate surface area is 257 Å². The first-order chi connectivity index (χ1) is 20.9. The molecule has 5 aromatic rings. The van der Waals surface area contributed by atoms with Crippen molar-refractivity contribution in [2.24, 2.45) is 4.99 Å². The first-order valence-corrected chi connectivity index (χ1v) is 16.0. The lowest BCUT2D eigenvalue weighted by molar-refractivity contribution is -0.138. The Hall–Kier alpha value is -4.47. The minimum Gasteiger partial charge on any atom is -0.463 e. The Morgan fingerprint density at radius 2 is 1.84 bits per heavy atom. The molecule has 0 aliphatic carbocycles. The monoisotopic (exact) mass is 606 g/mol. The quantitative estimate of drug-likeness (QED) is 0.182. The van der Waals surface area contributed by atoms with E-state index >= 15 is 0 Å². The minimum absolute atomic E-state index is 0.206. The summed E-state index contributed by atoms with van der Waals surface area (Å²) in [5.74, 6) is -0.488. The largest absolute Gasteiger partial charge is 0.463 e. The zero-order valence-electron chi connectivity index (χ0n) is 24.3. The smallest absolute Gasteiger partial charge is 0.338 e. The lowest BCUT2D eigenvalue weighted by Gasteiger charge is -2.26. The number of carbonyl (C=O) groups is 1. The molecule has 0 spiro atoms. The molecule has 0 saturated carbocycles. The van der Waals surface area contributed by atoms with E-state index < -0.39 is 12.0 Å². The predicted molar refractivity (Wildman–Crippen MR) is 172 cm³/mol. The average Bonchev–Trinajstić information content (AvgIpc) is 3.50. The third-order valence-electron chi connectivity index (χ3n) is 7.47. The highest BCUT2D eigenvalue weighted by Crippen LogP contribution is 2.35. The Balaban J connectivity index is 1.60. The normalized spacial score (nSPS) is 14.9. The van der Waals surface area contributed by atoms with Gasteiger partial charge in [-0.2, -0.15) is 0 Å². The molecule has 9 heteroatoms.